The van der Waals surface area contributed by atoms with Gasteiger partial charge in [-0.1, -0.05) is 47.9 Å². The van der Waals surface area contributed by atoms with Crippen LogP contribution < -0.4 is 0 Å². The zero-order valence-corrected chi connectivity index (χ0v) is 13.9. The predicted octanol–water partition coefficient (Wildman–Crippen LogP) is 4.58. The number of rotatable bonds is 4. The smallest absolute Gasteiger partial charge is 0.157 e. The molecule has 0 radical (unpaired) electrons. The van der Waals surface area contributed by atoms with Gasteiger partial charge in [-0.05, 0) is 45.4 Å². The van der Waals surface area contributed by atoms with Gasteiger partial charge < -0.3 is 0 Å². The SMILES string of the molecule is C/C=C(\C)CN(C)C1(c2ccccc2Cl)CCCCC1=O. The molecule has 1 aliphatic rings. The standard InChI is InChI=1S/C18H24ClNO/c1-4-14(2)13-20(3)18(12-8-7-11-17(18)21)15-9-5-6-10-16(15)19/h4-6,9-10H,7-8,11-13H2,1-3H3/b14-4+. The van der Waals surface area contributed by atoms with Crippen molar-refractivity contribution < 1.29 is 4.79 Å². The Labute approximate surface area is 132 Å². The van der Waals surface area contributed by atoms with Crippen molar-refractivity contribution in [1.29, 1.82) is 0 Å². The number of carbonyl (C=O) groups excluding carboxylic acids is 1. The molecule has 114 valence electrons. The molecule has 2 nitrogen and oxygen atoms in total. The van der Waals surface area contributed by atoms with Crippen molar-refractivity contribution in [3.63, 3.8) is 0 Å². The summed E-state index contributed by atoms with van der Waals surface area (Å²) < 4.78 is 0. The summed E-state index contributed by atoms with van der Waals surface area (Å²) in [6.07, 6.45) is 5.65. The molecule has 0 heterocycles. The lowest BCUT2D eigenvalue weighted by molar-refractivity contribution is -0.133. The first-order chi connectivity index (χ1) is 10.0. The number of Topliss-reactive ketones (excluding diaryl/α,β-unsaturated/α-hetero) is 1. The highest BCUT2D eigenvalue weighted by atomic mass is 35.5. The number of ketones is 1. The zero-order chi connectivity index (χ0) is 15.5. The maximum atomic E-state index is 12.9. The van der Waals surface area contributed by atoms with Gasteiger partial charge in [0.1, 0.15) is 5.54 Å². The minimum absolute atomic E-state index is 0.299. The average Bonchev–Trinajstić information content (AvgIpc) is 2.48. The van der Waals surface area contributed by atoms with Crippen LogP contribution in [0.15, 0.2) is 35.9 Å². The quantitative estimate of drug-likeness (QED) is 0.759. The fourth-order valence-electron chi connectivity index (χ4n) is 3.30. The largest absolute Gasteiger partial charge is 0.297 e. The van der Waals surface area contributed by atoms with Crippen LogP contribution in [0.5, 0.6) is 0 Å². The lowest BCUT2D eigenvalue weighted by atomic mass is 9.74. The molecule has 0 N–H and O–H groups in total. The second kappa shape index (κ2) is 6.76. The fraction of sp³-hybridized carbons (Fsp3) is 0.500. The van der Waals surface area contributed by atoms with E-state index in [-0.39, 0.29) is 0 Å². The topological polar surface area (TPSA) is 20.3 Å². The average molecular weight is 306 g/mol. The van der Waals surface area contributed by atoms with Crippen molar-refractivity contribution in [3.8, 4) is 0 Å². The number of nitrogens with zero attached hydrogens (tertiary/aromatic N) is 1. The van der Waals surface area contributed by atoms with E-state index in [2.05, 4.69) is 17.9 Å². The number of carbonyl (C=O) groups is 1. The van der Waals surface area contributed by atoms with E-state index < -0.39 is 5.54 Å². The monoisotopic (exact) mass is 305 g/mol. The van der Waals surface area contributed by atoms with Crippen LogP contribution in [-0.2, 0) is 10.3 Å². The second-order valence-electron chi connectivity index (χ2n) is 5.96. The summed E-state index contributed by atoms with van der Waals surface area (Å²) in [7, 11) is 2.04. The number of hydrogen-bond acceptors (Lipinski definition) is 2. The summed E-state index contributed by atoms with van der Waals surface area (Å²) in [6.45, 7) is 4.92. The maximum Gasteiger partial charge on any atom is 0.157 e. The molecule has 0 aromatic heterocycles. The lowest BCUT2D eigenvalue weighted by Gasteiger charge is -2.44. The Balaban J connectivity index is 2.49. The summed E-state index contributed by atoms with van der Waals surface area (Å²) in [5.74, 6) is 0.299. The molecule has 1 aliphatic carbocycles. The van der Waals surface area contributed by atoms with E-state index in [9.17, 15) is 4.79 Å². The molecule has 3 heteroatoms. The third-order valence-electron chi connectivity index (χ3n) is 4.60. The van der Waals surface area contributed by atoms with Gasteiger partial charge in [-0.15, -0.1) is 0 Å². The fourth-order valence-corrected chi connectivity index (χ4v) is 3.60. The molecule has 0 bridgehead atoms. The summed E-state index contributed by atoms with van der Waals surface area (Å²) in [6, 6.07) is 7.79. The normalized spacial score (nSPS) is 23.7. The van der Waals surface area contributed by atoms with Crippen LogP contribution in [0.25, 0.3) is 0 Å². The molecule has 1 atom stereocenters. The molecule has 1 unspecified atom stereocenters. The number of allylic oxidation sites excluding steroid dienone is 1. The van der Waals surface area contributed by atoms with Crippen LogP contribution in [0, 0.1) is 0 Å². The highest BCUT2D eigenvalue weighted by Crippen LogP contribution is 2.42. The molecule has 21 heavy (non-hydrogen) atoms. The molecule has 1 aromatic rings. The van der Waals surface area contributed by atoms with E-state index in [0.717, 1.165) is 31.4 Å². The molecule has 0 saturated heterocycles. The van der Waals surface area contributed by atoms with Gasteiger partial charge in [0.2, 0.25) is 0 Å². The minimum Gasteiger partial charge on any atom is -0.297 e. The lowest BCUT2D eigenvalue weighted by Crippen LogP contribution is -2.52. The van der Waals surface area contributed by atoms with E-state index in [0.29, 0.717) is 17.2 Å². The van der Waals surface area contributed by atoms with E-state index in [1.165, 1.54) is 5.57 Å². The Morgan fingerprint density at radius 3 is 2.71 bits per heavy atom. The van der Waals surface area contributed by atoms with Gasteiger partial charge in [0.05, 0.1) is 0 Å². The van der Waals surface area contributed by atoms with E-state index in [4.69, 9.17) is 11.6 Å². The first-order valence-corrected chi connectivity index (χ1v) is 8.01. The minimum atomic E-state index is -0.569. The molecule has 0 amide bonds. The highest BCUT2D eigenvalue weighted by molar-refractivity contribution is 6.31. The van der Waals surface area contributed by atoms with Crippen LogP contribution in [0.1, 0.15) is 45.1 Å². The van der Waals surface area contributed by atoms with Crippen molar-refractivity contribution in [2.24, 2.45) is 0 Å². The highest BCUT2D eigenvalue weighted by Gasteiger charge is 2.45. The van der Waals surface area contributed by atoms with Crippen LogP contribution in [0.2, 0.25) is 5.02 Å². The van der Waals surface area contributed by atoms with Crippen molar-refractivity contribution in [3.05, 3.63) is 46.5 Å². The Bertz CT molecular complexity index is 552. The van der Waals surface area contributed by atoms with Crippen LogP contribution in [0.3, 0.4) is 0 Å². The van der Waals surface area contributed by atoms with Crippen LogP contribution >= 0.6 is 11.6 Å². The summed E-state index contributed by atoms with van der Waals surface area (Å²) in [5.41, 5.74) is 1.66. The van der Waals surface area contributed by atoms with E-state index >= 15 is 0 Å². The third kappa shape index (κ3) is 3.07. The Hall–Kier alpha value is -1.12. The Morgan fingerprint density at radius 2 is 2.10 bits per heavy atom. The van der Waals surface area contributed by atoms with Gasteiger partial charge in [-0.3, -0.25) is 9.69 Å². The van der Waals surface area contributed by atoms with E-state index in [1.54, 1.807) is 0 Å². The summed E-state index contributed by atoms with van der Waals surface area (Å²) in [4.78, 5) is 15.0. The molecule has 1 aromatic carbocycles. The molecule has 0 spiro atoms. The first-order valence-electron chi connectivity index (χ1n) is 7.63. The molecule has 1 fully saturated rings. The molecule has 1 saturated carbocycles. The number of halogens is 1. The van der Waals surface area contributed by atoms with Gasteiger partial charge in [-0.25, -0.2) is 0 Å². The van der Waals surface area contributed by atoms with Crippen molar-refractivity contribution in [2.45, 2.75) is 45.1 Å². The number of benzene rings is 1. The molecule has 2 rings (SSSR count). The summed E-state index contributed by atoms with van der Waals surface area (Å²) in [5, 5.41) is 0.692. The van der Waals surface area contributed by atoms with Gasteiger partial charge in [0.15, 0.2) is 5.78 Å². The second-order valence-corrected chi connectivity index (χ2v) is 6.37. The van der Waals surface area contributed by atoms with Crippen LogP contribution in [0.4, 0.5) is 0 Å². The Morgan fingerprint density at radius 1 is 1.38 bits per heavy atom. The number of likely N-dealkylation sites (N-methyl/N-ethyl adjacent to an activating group) is 1. The van der Waals surface area contributed by atoms with Gasteiger partial charge in [0, 0.05) is 18.0 Å². The van der Waals surface area contributed by atoms with Crippen molar-refractivity contribution >= 4 is 17.4 Å². The predicted molar refractivity (Wildman–Crippen MR) is 88.7 cm³/mol. The van der Waals surface area contributed by atoms with Crippen molar-refractivity contribution in [1.82, 2.24) is 4.90 Å². The van der Waals surface area contributed by atoms with E-state index in [1.807, 2.05) is 38.2 Å². The van der Waals surface area contributed by atoms with Gasteiger partial charge in [-0.2, -0.15) is 0 Å². The molecular weight excluding hydrogens is 282 g/mol. The first kappa shape index (κ1) is 16.3. The van der Waals surface area contributed by atoms with Gasteiger partial charge >= 0.3 is 0 Å². The van der Waals surface area contributed by atoms with Crippen LogP contribution in [-0.4, -0.2) is 24.3 Å². The van der Waals surface area contributed by atoms with Crippen molar-refractivity contribution in [2.75, 3.05) is 13.6 Å². The van der Waals surface area contributed by atoms with Gasteiger partial charge in [0.25, 0.3) is 0 Å². The zero-order valence-electron chi connectivity index (χ0n) is 13.2. The third-order valence-corrected chi connectivity index (χ3v) is 4.93. The maximum absolute atomic E-state index is 12.9. The molecule has 0 aliphatic heterocycles. The molecular formula is C18H24ClNO. The Kier molecular flexibility index (Phi) is 5.23. The number of hydrogen-bond donors (Lipinski definition) is 0. The summed E-state index contributed by atoms with van der Waals surface area (Å²) >= 11 is 6.43.